The monoisotopic (exact) mass is 273 g/mol. The van der Waals surface area contributed by atoms with E-state index in [4.69, 9.17) is 10.5 Å². The molecular weight excluding hydrogens is 258 g/mol. The summed E-state index contributed by atoms with van der Waals surface area (Å²) in [5.41, 5.74) is 7.27. The van der Waals surface area contributed by atoms with Gasteiger partial charge in [0.15, 0.2) is 5.78 Å². The molecule has 0 unspecified atom stereocenters. The van der Waals surface area contributed by atoms with E-state index in [9.17, 15) is 4.79 Å². The standard InChI is InChI=1S/C15H15NO2S/c1-10(17)11-7-8-12(16)15(9-11)19-14-6-4-3-5-13(14)18-2/h3-9H,16H2,1-2H3. The first-order chi connectivity index (χ1) is 9.11. The lowest BCUT2D eigenvalue weighted by atomic mass is 10.1. The van der Waals surface area contributed by atoms with Crippen LogP contribution in [-0.2, 0) is 0 Å². The van der Waals surface area contributed by atoms with Crippen LogP contribution in [0.5, 0.6) is 5.75 Å². The van der Waals surface area contributed by atoms with Crippen LogP contribution in [-0.4, -0.2) is 12.9 Å². The maximum absolute atomic E-state index is 11.4. The number of ketones is 1. The van der Waals surface area contributed by atoms with E-state index in [1.54, 1.807) is 26.2 Å². The van der Waals surface area contributed by atoms with Gasteiger partial charge in [0, 0.05) is 16.1 Å². The van der Waals surface area contributed by atoms with Gasteiger partial charge in [-0.15, -0.1) is 0 Å². The normalized spacial score (nSPS) is 10.2. The van der Waals surface area contributed by atoms with Crippen molar-refractivity contribution in [1.82, 2.24) is 0 Å². The van der Waals surface area contributed by atoms with Gasteiger partial charge >= 0.3 is 0 Å². The molecule has 2 rings (SSSR count). The topological polar surface area (TPSA) is 52.3 Å². The third-order valence-corrected chi connectivity index (χ3v) is 3.84. The predicted octanol–water partition coefficient (Wildman–Crippen LogP) is 3.63. The molecule has 19 heavy (non-hydrogen) atoms. The second-order valence-corrected chi connectivity index (χ2v) is 5.15. The minimum Gasteiger partial charge on any atom is -0.496 e. The van der Waals surface area contributed by atoms with Gasteiger partial charge in [-0.05, 0) is 37.3 Å². The predicted molar refractivity (Wildman–Crippen MR) is 78.0 cm³/mol. The molecule has 0 aliphatic rings. The number of para-hydroxylation sites is 1. The van der Waals surface area contributed by atoms with Crippen LogP contribution in [0.4, 0.5) is 5.69 Å². The Hall–Kier alpha value is -1.94. The molecule has 0 radical (unpaired) electrons. The maximum atomic E-state index is 11.4. The van der Waals surface area contributed by atoms with E-state index in [1.807, 2.05) is 30.3 Å². The highest BCUT2D eigenvalue weighted by Gasteiger charge is 2.09. The summed E-state index contributed by atoms with van der Waals surface area (Å²) in [6, 6.07) is 13.0. The molecule has 0 fully saturated rings. The molecule has 2 N–H and O–H groups in total. The Morgan fingerprint density at radius 1 is 1.16 bits per heavy atom. The minimum absolute atomic E-state index is 0.0295. The summed E-state index contributed by atoms with van der Waals surface area (Å²) in [4.78, 5) is 13.2. The van der Waals surface area contributed by atoms with Crippen molar-refractivity contribution >= 4 is 23.2 Å². The van der Waals surface area contributed by atoms with Crippen molar-refractivity contribution in [1.29, 1.82) is 0 Å². The van der Waals surface area contributed by atoms with Crippen LogP contribution in [0.3, 0.4) is 0 Å². The molecule has 4 heteroatoms. The van der Waals surface area contributed by atoms with Crippen LogP contribution in [0, 0.1) is 0 Å². The highest BCUT2D eigenvalue weighted by molar-refractivity contribution is 7.99. The number of carbonyl (C=O) groups is 1. The van der Waals surface area contributed by atoms with Crippen LogP contribution >= 0.6 is 11.8 Å². The smallest absolute Gasteiger partial charge is 0.159 e. The summed E-state index contributed by atoms with van der Waals surface area (Å²) in [6.07, 6.45) is 0. The number of nitrogen functional groups attached to an aromatic ring is 1. The van der Waals surface area contributed by atoms with Crippen molar-refractivity contribution in [2.24, 2.45) is 0 Å². The Labute approximate surface area is 116 Å². The first-order valence-corrected chi connectivity index (χ1v) is 6.65. The van der Waals surface area contributed by atoms with Crippen molar-refractivity contribution < 1.29 is 9.53 Å². The molecule has 0 aliphatic heterocycles. The van der Waals surface area contributed by atoms with Crippen molar-refractivity contribution in [3.05, 3.63) is 48.0 Å². The van der Waals surface area contributed by atoms with Gasteiger partial charge < -0.3 is 10.5 Å². The lowest BCUT2D eigenvalue weighted by molar-refractivity contribution is 0.101. The van der Waals surface area contributed by atoms with Crippen LogP contribution in [0.1, 0.15) is 17.3 Å². The van der Waals surface area contributed by atoms with Gasteiger partial charge in [-0.2, -0.15) is 0 Å². The SMILES string of the molecule is COc1ccccc1Sc1cc(C(C)=O)ccc1N. The number of hydrogen-bond acceptors (Lipinski definition) is 4. The maximum Gasteiger partial charge on any atom is 0.159 e. The van der Waals surface area contributed by atoms with Crippen molar-refractivity contribution in [2.75, 3.05) is 12.8 Å². The fourth-order valence-electron chi connectivity index (χ4n) is 1.66. The van der Waals surface area contributed by atoms with Gasteiger partial charge in [0.1, 0.15) is 5.75 Å². The largest absolute Gasteiger partial charge is 0.496 e. The lowest BCUT2D eigenvalue weighted by Gasteiger charge is -2.10. The zero-order chi connectivity index (χ0) is 13.8. The zero-order valence-corrected chi connectivity index (χ0v) is 11.7. The third kappa shape index (κ3) is 3.09. The molecule has 0 atom stereocenters. The van der Waals surface area contributed by atoms with Gasteiger partial charge in [-0.3, -0.25) is 4.79 Å². The summed E-state index contributed by atoms with van der Waals surface area (Å²) >= 11 is 1.49. The quantitative estimate of drug-likeness (QED) is 0.682. The molecule has 3 nitrogen and oxygen atoms in total. The molecule has 2 aromatic carbocycles. The number of rotatable bonds is 4. The van der Waals surface area contributed by atoms with Crippen LogP contribution in [0.2, 0.25) is 0 Å². The highest BCUT2D eigenvalue weighted by atomic mass is 32.2. The Kier molecular flexibility index (Phi) is 4.12. The van der Waals surface area contributed by atoms with Gasteiger partial charge in [-0.25, -0.2) is 0 Å². The van der Waals surface area contributed by atoms with Crippen LogP contribution in [0.25, 0.3) is 0 Å². The fourth-order valence-corrected chi connectivity index (χ4v) is 2.67. The summed E-state index contributed by atoms with van der Waals surface area (Å²) in [5, 5.41) is 0. The van der Waals surface area contributed by atoms with Crippen molar-refractivity contribution in [3.8, 4) is 5.75 Å². The molecular formula is C15H15NO2S. The summed E-state index contributed by atoms with van der Waals surface area (Å²) < 4.78 is 5.31. The van der Waals surface area contributed by atoms with E-state index >= 15 is 0 Å². The number of anilines is 1. The van der Waals surface area contributed by atoms with Crippen LogP contribution in [0.15, 0.2) is 52.3 Å². The molecule has 0 amide bonds. The molecule has 0 spiro atoms. The summed E-state index contributed by atoms with van der Waals surface area (Å²) in [6.45, 7) is 1.54. The number of nitrogens with two attached hydrogens (primary N) is 1. The van der Waals surface area contributed by atoms with Gasteiger partial charge in [0.25, 0.3) is 0 Å². The first kappa shape index (κ1) is 13.5. The van der Waals surface area contributed by atoms with Crippen molar-refractivity contribution in [3.63, 3.8) is 0 Å². The zero-order valence-electron chi connectivity index (χ0n) is 10.8. The summed E-state index contributed by atoms with van der Waals surface area (Å²) in [7, 11) is 1.63. The fraction of sp³-hybridized carbons (Fsp3) is 0.133. The van der Waals surface area contributed by atoms with E-state index in [-0.39, 0.29) is 5.78 Å². The van der Waals surface area contributed by atoms with Crippen LogP contribution < -0.4 is 10.5 Å². The molecule has 0 aromatic heterocycles. The molecule has 2 aromatic rings. The van der Waals surface area contributed by atoms with E-state index in [0.717, 1.165) is 15.5 Å². The molecule has 98 valence electrons. The Morgan fingerprint density at radius 2 is 1.89 bits per heavy atom. The summed E-state index contributed by atoms with van der Waals surface area (Å²) in [5.74, 6) is 0.821. The van der Waals surface area contributed by atoms with Crippen molar-refractivity contribution in [2.45, 2.75) is 16.7 Å². The number of ether oxygens (including phenoxy) is 1. The number of benzene rings is 2. The number of hydrogen-bond donors (Lipinski definition) is 1. The average molecular weight is 273 g/mol. The van der Waals surface area contributed by atoms with E-state index in [2.05, 4.69) is 0 Å². The van der Waals surface area contributed by atoms with Gasteiger partial charge in [0.05, 0.1) is 12.0 Å². The molecule has 0 bridgehead atoms. The second kappa shape index (κ2) is 5.80. The molecule has 0 saturated heterocycles. The Morgan fingerprint density at radius 3 is 2.58 bits per heavy atom. The Bertz CT molecular complexity index is 611. The highest BCUT2D eigenvalue weighted by Crippen LogP contribution is 2.37. The minimum atomic E-state index is 0.0295. The van der Waals surface area contributed by atoms with Gasteiger partial charge in [0.2, 0.25) is 0 Å². The molecule has 0 heterocycles. The average Bonchev–Trinajstić information content (AvgIpc) is 2.41. The first-order valence-electron chi connectivity index (χ1n) is 5.83. The number of Topliss-reactive ketones (excluding diaryl/α,β-unsaturated/α-hetero) is 1. The van der Waals surface area contributed by atoms with E-state index < -0.39 is 0 Å². The van der Waals surface area contributed by atoms with E-state index in [0.29, 0.717) is 11.3 Å². The second-order valence-electron chi connectivity index (χ2n) is 4.06. The third-order valence-electron chi connectivity index (χ3n) is 2.71. The number of carbonyl (C=O) groups excluding carboxylic acids is 1. The van der Waals surface area contributed by atoms with E-state index in [1.165, 1.54) is 11.8 Å². The van der Waals surface area contributed by atoms with Gasteiger partial charge in [-0.1, -0.05) is 23.9 Å². The number of methoxy groups -OCH3 is 1. The molecule has 0 aliphatic carbocycles. The Balaban J connectivity index is 2.37. The molecule has 0 saturated carbocycles. The lowest BCUT2D eigenvalue weighted by Crippen LogP contribution is -1.95.